The molecule has 1 rings (SSSR count). The number of aromatic nitrogens is 2. The van der Waals surface area contributed by atoms with Crippen molar-refractivity contribution in [1.82, 2.24) is 9.78 Å². The topological polar surface area (TPSA) is 57.9 Å². The number of nitrogens with zero attached hydrogens (tertiary/aromatic N) is 2. The molecule has 0 saturated carbocycles. The molecule has 0 radical (unpaired) electrons. The van der Waals surface area contributed by atoms with E-state index >= 15 is 0 Å². The van der Waals surface area contributed by atoms with Gasteiger partial charge in [-0.3, -0.25) is 4.68 Å². The minimum Gasteiger partial charge on any atom is -0.550 e. The second kappa shape index (κ2) is 3.00. The molecule has 0 aromatic carbocycles. The maximum absolute atomic E-state index is 9.94. The molecule has 0 bridgehead atoms. The fourth-order valence-electron chi connectivity index (χ4n) is 0.639. The molecule has 1 heterocycles. The van der Waals surface area contributed by atoms with Gasteiger partial charge in [0.05, 0.1) is 0 Å². The molecular weight excluding hydrogens is 132 g/mol. The van der Waals surface area contributed by atoms with Gasteiger partial charge in [0.15, 0.2) is 0 Å². The van der Waals surface area contributed by atoms with Gasteiger partial charge in [-0.2, -0.15) is 5.10 Å². The summed E-state index contributed by atoms with van der Waals surface area (Å²) in [5.41, 5.74) is 0. The van der Waals surface area contributed by atoms with Crippen LogP contribution >= 0.6 is 0 Å². The molecule has 0 aliphatic carbocycles. The molecule has 0 aliphatic rings. The molecule has 0 spiro atoms. The molecule has 0 saturated heterocycles. The van der Waals surface area contributed by atoms with Crippen LogP contribution < -0.4 is 5.11 Å². The summed E-state index contributed by atoms with van der Waals surface area (Å²) < 4.78 is 1.55. The van der Waals surface area contributed by atoms with E-state index in [4.69, 9.17) is 0 Å². The van der Waals surface area contributed by atoms with Gasteiger partial charge in [-0.05, 0) is 6.07 Å². The molecule has 0 aliphatic heterocycles. The summed E-state index contributed by atoms with van der Waals surface area (Å²) >= 11 is 0. The maximum Gasteiger partial charge on any atom is 0.0489 e. The minimum absolute atomic E-state index is 0.0156. The van der Waals surface area contributed by atoms with Gasteiger partial charge >= 0.3 is 0 Å². The van der Waals surface area contributed by atoms with Crippen LogP contribution in [0.4, 0.5) is 0 Å². The van der Waals surface area contributed by atoms with Crippen molar-refractivity contribution in [3.8, 4) is 0 Å². The Balaban J connectivity index is 2.35. The lowest BCUT2D eigenvalue weighted by molar-refractivity contribution is -0.306. The Morgan fingerprint density at radius 3 is 3.00 bits per heavy atom. The lowest BCUT2D eigenvalue weighted by atomic mass is 10.4. The summed E-state index contributed by atoms with van der Waals surface area (Å²) in [6, 6.07) is 1.75. The van der Waals surface area contributed by atoms with Crippen LogP contribution in [0.3, 0.4) is 0 Å². The Labute approximate surface area is 58.1 Å². The van der Waals surface area contributed by atoms with E-state index in [9.17, 15) is 9.90 Å². The fraction of sp³-hybridized carbons (Fsp3) is 0.333. The highest BCUT2D eigenvalue weighted by Crippen LogP contribution is 1.86. The first kappa shape index (κ1) is 6.80. The van der Waals surface area contributed by atoms with Crippen LogP contribution in [-0.2, 0) is 11.3 Å². The van der Waals surface area contributed by atoms with Gasteiger partial charge in [-0.1, -0.05) is 0 Å². The van der Waals surface area contributed by atoms with Gasteiger partial charge in [-0.15, -0.1) is 0 Å². The van der Waals surface area contributed by atoms with Gasteiger partial charge in [-0.25, -0.2) is 0 Å². The van der Waals surface area contributed by atoms with Gasteiger partial charge in [0.2, 0.25) is 0 Å². The number of carbonyl (C=O) groups excluding carboxylic acids is 1. The number of rotatable bonds is 3. The minimum atomic E-state index is -1.05. The Hall–Kier alpha value is -1.32. The average molecular weight is 139 g/mol. The molecule has 4 nitrogen and oxygen atoms in total. The molecule has 10 heavy (non-hydrogen) atoms. The summed E-state index contributed by atoms with van der Waals surface area (Å²) in [5.74, 6) is -1.05. The second-order valence-corrected chi connectivity index (χ2v) is 1.89. The number of carboxylic acid groups (broad SMARTS) is 1. The first-order valence-corrected chi connectivity index (χ1v) is 2.96. The second-order valence-electron chi connectivity index (χ2n) is 1.89. The highest BCUT2D eigenvalue weighted by Gasteiger charge is 1.88. The van der Waals surface area contributed by atoms with Crippen LogP contribution in [0, 0.1) is 0 Å². The zero-order valence-electron chi connectivity index (χ0n) is 5.36. The number of carboxylic acids is 1. The van der Waals surface area contributed by atoms with Crippen LogP contribution in [0.5, 0.6) is 0 Å². The Bertz CT molecular complexity index is 206. The van der Waals surface area contributed by atoms with Crippen molar-refractivity contribution >= 4 is 5.97 Å². The van der Waals surface area contributed by atoms with E-state index in [1.807, 2.05) is 0 Å². The van der Waals surface area contributed by atoms with E-state index in [0.29, 0.717) is 6.54 Å². The van der Waals surface area contributed by atoms with E-state index in [2.05, 4.69) is 5.10 Å². The van der Waals surface area contributed by atoms with Crippen molar-refractivity contribution in [2.24, 2.45) is 0 Å². The van der Waals surface area contributed by atoms with E-state index in [1.165, 1.54) is 0 Å². The summed E-state index contributed by atoms with van der Waals surface area (Å²) in [6.07, 6.45) is 3.33. The largest absolute Gasteiger partial charge is 0.550 e. The Morgan fingerprint density at radius 2 is 2.50 bits per heavy atom. The highest BCUT2D eigenvalue weighted by molar-refractivity contribution is 5.63. The number of hydrogen-bond donors (Lipinski definition) is 0. The molecule has 1 aromatic rings. The zero-order chi connectivity index (χ0) is 7.40. The maximum atomic E-state index is 9.94. The van der Waals surface area contributed by atoms with Crippen molar-refractivity contribution < 1.29 is 9.90 Å². The van der Waals surface area contributed by atoms with Crippen molar-refractivity contribution in [3.63, 3.8) is 0 Å². The van der Waals surface area contributed by atoms with Crippen LogP contribution in [0.2, 0.25) is 0 Å². The van der Waals surface area contributed by atoms with Crippen LogP contribution in [0.15, 0.2) is 18.5 Å². The SMILES string of the molecule is O=C([O-])CCn1cccn1. The Kier molecular flexibility index (Phi) is 2.04. The predicted molar refractivity (Wildman–Crippen MR) is 31.9 cm³/mol. The van der Waals surface area contributed by atoms with Gasteiger partial charge < -0.3 is 9.90 Å². The molecule has 0 unspecified atom stereocenters. The molecule has 0 amide bonds. The van der Waals surface area contributed by atoms with E-state index in [0.717, 1.165) is 0 Å². The number of aryl methyl sites for hydroxylation is 1. The molecule has 0 atom stereocenters. The zero-order valence-corrected chi connectivity index (χ0v) is 5.36. The van der Waals surface area contributed by atoms with Crippen LogP contribution in [0.25, 0.3) is 0 Å². The third-order valence-electron chi connectivity index (χ3n) is 1.10. The van der Waals surface area contributed by atoms with E-state index in [1.54, 1.807) is 23.1 Å². The Morgan fingerprint density at radius 1 is 1.70 bits per heavy atom. The van der Waals surface area contributed by atoms with Crippen molar-refractivity contribution in [2.75, 3.05) is 0 Å². The molecule has 4 heteroatoms. The predicted octanol–water partition coefficient (Wildman–Crippen LogP) is -0.977. The lowest BCUT2D eigenvalue weighted by Crippen LogP contribution is -2.23. The molecule has 0 N–H and O–H groups in total. The van der Waals surface area contributed by atoms with Crippen molar-refractivity contribution in [2.45, 2.75) is 13.0 Å². The highest BCUT2D eigenvalue weighted by atomic mass is 16.4. The summed E-state index contributed by atoms with van der Waals surface area (Å²) in [6.45, 7) is 0.384. The monoisotopic (exact) mass is 139 g/mol. The smallest absolute Gasteiger partial charge is 0.0489 e. The van der Waals surface area contributed by atoms with Gasteiger partial charge in [0.25, 0.3) is 0 Å². The lowest BCUT2D eigenvalue weighted by Gasteiger charge is -2.00. The summed E-state index contributed by atoms with van der Waals surface area (Å²) in [4.78, 5) is 9.94. The van der Waals surface area contributed by atoms with E-state index in [-0.39, 0.29) is 6.42 Å². The third kappa shape index (κ3) is 1.89. The van der Waals surface area contributed by atoms with Gasteiger partial charge in [0.1, 0.15) is 0 Å². The number of carbonyl (C=O) groups is 1. The van der Waals surface area contributed by atoms with Gasteiger partial charge in [0, 0.05) is 31.3 Å². The molecular formula is C6H7N2O2-. The van der Waals surface area contributed by atoms with Crippen LogP contribution in [-0.4, -0.2) is 15.7 Å². The first-order chi connectivity index (χ1) is 4.79. The number of aliphatic carboxylic acids is 1. The average Bonchev–Trinajstić information content (AvgIpc) is 2.34. The van der Waals surface area contributed by atoms with E-state index < -0.39 is 5.97 Å². The quantitative estimate of drug-likeness (QED) is 0.541. The standard InChI is InChI=1S/C6H8N2O2/c9-6(10)2-5-8-4-1-3-7-8/h1,3-4H,2,5H2,(H,9,10)/p-1. The summed E-state index contributed by atoms with van der Waals surface area (Å²) in [7, 11) is 0. The summed E-state index contributed by atoms with van der Waals surface area (Å²) in [5, 5.41) is 13.8. The first-order valence-electron chi connectivity index (χ1n) is 2.96. The molecule has 0 fully saturated rings. The molecule has 54 valence electrons. The molecule has 1 aromatic heterocycles. The third-order valence-corrected chi connectivity index (χ3v) is 1.10. The van der Waals surface area contributed by atoms with Crippen molar-refractivity contribution in [3.05, 3.63) is 18.5 Å². The normalized spacial score (nSPS) is 9.60. The fourth-order valence-corrected chi connectivity index (χ4v) is 0.639. The number of hydrogen-bond acceptors (Lipinski definition) is 3. The van der Waals surface area contributed by atoms with Crippen molar-refractivity contribution in [1.29, 1.82) is 0 Å². The van der Waals surface area contributed by atoms with Crippen LogP contribution in [0.1, 0.15) is 6.42 Å².